The van der Waals surface area contributed by atoms with Gasteiger partial charge in [0.1, 0.15) is 10.6 Å². The molecular formula is C16H24ClNO4S. The molecular weight excluding hydrogens is 338 g/mol. The minimum atomic E-state index is -3.69. The van der Waals surface area contributed by atoms with Crippen molar-refractivity contribution in [3.63, 3.8) is 0 Å². The Morgan fingerprint density at radius 3 is 2.87 bits per heavy atom. The van der Waals surface area contributed by atoms with Crippen LogP contribution < -0.4 is 9.46 Å². The Morgan fingerprint density at radius 2 is 2.22 bits per heavy atom. The topological polar surface area (TPSA) is 64.6 Å². The second-order valence-corrected chi connectivity index (χ2v) is 7.88. The Hall–Kier alpha value is -0.820. The summed E-state index contributed by atoms with van der Waals surface area (Å²) >= 11 is 6.11. The maximum atomic E-state index is 12.6. The fourth-order valence-corrected chi connectivity index (χ4v) is 3.82. The highest BCUT2D eigenvalue weighted by atomic mass is 35.5. The van der Waals surface area contributed by atoms with Crippen LogP contribution >= 0.6 is 11.6 Å². The van der Waals surface area contributed by atoms with E-state index in [0.717, 1.165) is 31.2 Å². The van der Waals surface area contributed by atoms with Gasteiger partial charge in [-0.3, -0.25) is 0 Å². The smallest absolute Gasteiger partial charge is 0.244 e. The summed E-state index contributed by atoms with van der Waals surface area (Å²) in [5, 5.41) is 0.408. The molecule has 1 aromatic rings. The Kier molecular flexibility index (Phi) is 6.71. The molecule has 130 valence electrons. The molecule has 1 aliphatic heterocycles. The quantitative estimate of drug-likeness (QED) is 0.721. The molecule has 1 atom stereocenters. The molecule has 7 heteroatoms. The Labute approximate surface area is 143 Å². The van der Waals surface area contributed by atoms with Crippen molar-refractivity contribution in [3.8, 4) is 5.75 Å². The van der Waals surface area contributed by atoms with Crippen molar-refractivity contribution in [2.45, 2.75) is 50.5 Å². The van der Waals surface area contributed by atoms with E-state index in [-0.39, 0.29) is 17.5 Å². The molecule has 2 rings (SSSR count). The summed E-state index contributed by atoms with van der Waals surface area (Å²) in [7, 11) is -3.69. The predicted molar refractivity (Wildman–Crippen MR) is 90.8 cm³/mol. The van der Waals surface area contributed by atoms with E-state index in [4.69, 9.17) is 21.1 Å². The summed E-state index contributed by atoms with van der Waals surface area (Å²) in [4.78, 5) is 0.0854. The van der Waals surface area contributed by atoms with E-state index in [9.17, 15) is 8.42 Å². The van der Waals surface area contributed by atoms with Crippen LogP contribution in [-0.2, 0) is 14.8 Å². The zero-order chi connectivity index (χ0) is 16.9. The number of benzene rings is 1. The van der Waals surface area contributed by atoms with Crippen LogP contribution in [0.25, 0.3) is 0 Å². The van der Waals surface area contributed by atoms with Gasteiger partial charge in [0.15, 0.2) is 0 Å². The Bertz CT molecular complexity index is 627. The van der Waals surface area contributed by atoms with Crippen molar-refractivity contribution >= 4 is 21.6 Å². The van der Waals surface area contributed by atoms with Gasteiger partial charge in [0.05, 0.1) is 12.7 Å². The van der Waals surface area contributed by atoms with E-state index >= 15 is 0 Å². The molecule has 0 radical (unpaired) electrons. The number of sulfonamides is 1. The van der Waals surface area contributed by atoms with Crippen LogP contribution in [0.4, 0.5) is 0 Å². The molecule has 0 unspecified atom stereocenters. The van der Waals surface area contributed by atoms with Crippen molar-refractivity contribution in [1.82, 2.24) is 4.72 Å². The maximum absolute atomic E-state index is 12.6. The maximum Gasteiger partial charge on any atom is 0.244 e. The molecule has 1 aromatic carbocycles. The summed E-state index contributed by atoms with van der Waals surface area (Å²) in [5.74, 6) is 0.347. The average molecular weight is 362 g/mol. The highest BCUT2D eigenvalue weighted by molar-refractivity contribution is 7.89. The minimum Gasteiger partial charge on any atom is -0.492 e. The number of rotatable bonds is 8. The van der Waals surface area contributed by atoms with Crippen LogP contribution in [0.15, 0.2) is 17.0 Å². The highest BCUT2D eigenvalue weighted by Gasteiger charge is 2.24. The SMILES string of the molecule is CCCCOc1cc(C)c(Cl)cc1S(=O)(=O)NC[C@@H]1CCCO1. The summed E-state index contributed by atoms with van der Waals surface area (Å²) in [5.41, 5.74) is 0.788. The Balaban J connectivity index is 2.18. The first kappa shape index (κ1) is 18.5. The number of nitrogens with one attached hydrogen (secondary N) is 1. The van der Waals surface area contributed by atoms with Gasteiger partial charge >= 0.3 is 0 Å². The summed E-state index contributed by atoms with van der Waals surface area (Å²) < 4.78 is 38.9. The molecule has 0 amide bonds. The van der Waals surface area contributed by atoms with Gasteiger partial charge in [-0.15, -0.1) is 0 Å². The van der Waals surface area contributed by atoms with Crippen molar-refractivity contribution in [2.24, 2.45) is 0 Å². The molecule has 0 bridgehead atoms. The van der Waals surface area contributed by atoms with E-state index in [1.54, 1.807) is 6.07 Å². The minimum absolute atomic E-state index is 0.0600. The molecule has 1 saturated heterocycles. The number of ether oxygens (including phenoxy) is 2. The molecule has 5 nitrogen and oxygen atoms in total. The number of halogens is 1. The van der Waals surface area contributed by atoms with Crippen molar-refractivity contribution in [1.29, 1.82) is 0 Å². The summed E-state index contributed by atoms with van der Waals surface area (Å²) in [6.45, 7) is 5.31. The third-order valence-electron chi connectivity index (χ3n) is 3.79. The van der Waals surface area contributed by atoms with Gasteiger partial charge in [0.25, 0.3) is 0 Å². The second-order valence-electron chi connectivity index (χ2n) is 5.74. The van der Waals surface area contributed by atoms with Gasteiger partial charge in [-0.25, -0.2) is 13.1 Å². The van der Waals surface area contributed by atoms with E-state index in [2.05, 4.69) is 11.6 Å². The monoisotopic (exact) mass is 361 g/mol. The van der Waals surface area contributed by atoms with Gasteiger partial charge in [-0.1, -0.05) is 24.9 Å². The Morgan fingerprint density at radius 1 is 1.43 bits per heavy atom. The molecule has 0 saturated carbocycles. The fourth-order valence-electron chi connectivity index (χ4n) is 2.37. The van der Waals surface area contributed by atoms with Gasteiger partial charge < -0.3 is 9.47 Å². The molecule has 0 aliphatic carbocycles. The first-order chi connectivity index (χ1) is 10.9. The standard InChI is InChI=1S/C16H24ClNO4S/c1-3-4-7-22-15-9-12(2)14(17)10-16(15)23(19,20)18-11-13-6-5-8-21-13/h9-10,13,18H,3-8,11H2,1-2H3/t13-/m0/s1. The lowest BCUT2D eigenvalue weighted by Crippen LogP contribution is -2.32. The summed E-state index contributed by atoms with van der Waals surface area (Å²) in [6, 6.07) is 3.13. The van der Waals surface area contributed by atoms with Crippen LogP contribution in [0.3, 0.4) is 0 Å². The first-order valence-corrected chi connectivity index (χ1v) is 9.84. The summed E-state index contributed by atoms with van der Waals surface area (Å²) in [6.07, 6.45) is 3.62. The van der Waals surface area contributed by atoms with Crippen LogP contribution in [0.2, 0.25) is 5.02 Å². The van der Waals surface area contributed by atoms with Crippen molar-refractivity contribution < 1.29 is 17.9 Å². The van der Waals surface area contributed by atoms with Crippen molar-refractivity contribution in [3.05, 3.63) is 22.7 Å². The number of aryl methyl sites for hydroxylation is 1. The zero-order valence-corrected chi connectivity index (χ0v) is 15.2. The number of hydrogen-bond acceptors (Lipinski definition) is 4. The number of hydrogen-bond donors (Lipinski definition) is 1. The third kappa shape index (κ3) is 5.08. The molecule has 23 heavy (non-hydrogen) atoms. The van der Waals surface area contributed by atoms with Crippen LogP contribution in [-0.4, -0.2) is 34.3 Å². The molecule has 0 aromatic heterocycles. The highest BCUT2D eigenvalue weighted by Crippen LogP contribution is 2.30. The van der Waals surface area contributed by atoms with Crippen LogP contribution in [0.5, 0.6) is 5.75 Å². The predicted octanol–water partition coefficient (Wildman–Crippen LogP) is 3.28. The zero-order valence-electron chi connectivity index (χ0n) is 13.6. The van der Waals surface area contributed by atoms with Gasteiger partial charge in [-0.2, -0.15) is 0 Å². The molecule has 1 N–H and O–H groups in total. The first-order valence-electron chi connectivity index (χ1n) is 7.98. The molecule has 1 fully saturated rings. The van der Waals surface area contributed by atoms with E-state index in [1.165, 1.54) is 6.07 Å². The molecule has 1 aliphatic rings. The molecule has 1 heterocycles. The normalized spacial score (nSPS) is 18.3. The van der Waals surface area contributed by atoms with Gasteiger partial charge in [0, 0.05) is 18.2 Å². The largest absolute Gasteiger partial charge is 0.492 e. The lowest BCUT2D eigenvalue weighted by molar-refractivity contribution is 0.114. The fraction of sp³-hybridized carbons (Fsp3) is 0.625. The van der Waals surface area contributed by atoms with Crippen molar-refractivity contribution in [2.75, 3.05) is 19.8 Å². The van der Waals surface area contributed by atoms with E-state index < -0.39 is 10.0 Å². The van der Waals surface area contributed by atoms with Crippen LogP contribution in [0, 0.1) is 6.92 Å². The lowest BCUT2D eigenvalue weighted by Gasteiger charge is -2.16. The van der Waals surface area contributed by atoms with Gasteiger partial charge in [-0.05, 0) is 43.9 Å². The second kappa shape index (κ2) is 8.33. The lowest BCUT2D eigenvalue weighted by atomic mass is 10.2. The van der Waals surface area contributed by atoms with E-state index in [1.807, 2.05) is 6.92 Å². The average Bonchev–Trinajstić information content (AvgIpc) is 3.02. The van der Waals surface area contributed by atoms with Crippen LogP contribution in [0.1, 0.15) is 38.2 Å². The third-order valence-corrected chi connectivity index (χ3v) is 5.65. The molecule has 0 spiro atoms. The van der Waals surface area contributed by atoms with E-state index in [0.29, 0.717) is 24.0 Å². The van der Waals surface area contributed by atoms with Gasteiger partial charge in [0.2, 0.25) is 10.0 Å². The number of unbranched alkanes of at least 4 members (excludes halogenated alkanes) is 1.